The Morgan fingerprint density at radius 3 is 3.06 bits per heavy atom. The van der Waals surface area contributed by atoms with Crippen LogP contribution in [0.4, 0.5) is 5.82 Å². The van der Waals surface area contributed by atoms with E-state index in [0.29, 0.717) is 31.6 Å². The van der Waals surface area contributed by atoms with Gasteiger partial charge in [-0.05, 0) is 48.4 Å². The molecule has 0 spiro atoms. The number of likely N-dealkylation sites (N-methyl/N-ethyl adjacent to an activating group) is 1. The molecule has 4 heterocycles. The van der Waals surface area contributed by atoms with Crippen LogP contribution in [0, 0.1) is 11.3 Å². The quantitative estimate of drug-likeness (QED) is 0.568. The minimum atomic E-state index is 0.105. The largest absolute Gasteiger partial charge is 0.462 e. The molecule has 10 heteroatoms. The zero-order valence-corrected chi connectivity index (χ0v) is 19.0. The second-order valence-electron chi connectivity index (χ2n) is 8.29. The maximum atomic E-state index is 9.15. The summed E-state index contributed by atoms with van der Waals surface area (Å²) >= 11 is 3.65. The summed E-state index contributed by atoms with van der Waals surface area (Å²) in [7, 11) is 2.13. The first-order valence-corrected chi connectivity index (χ1v) is 11.4. The van der Waals surface area contributed by atoms with E-state index in [1.54, 1.807) is 6.20 Å². The smallest absolute Gasteiger partial charge is 0.319 e. The number of ether oxygens (including phenoxy) is 1. The average Bonchev–Trinajstić information content (AvgIpc) is 3.41. The van der Waals surface area contributed by atoms with Crippen molar-refractivity contribution in [1.82, 2.24) is 30.4 Å². The molecule has 9 nitrogen and oxygen atoms in total. The van der Waals surface area contributed by atoms with Gasteiger partial charge in [-0.15, -0.1) is 0 Å². The molecule has 2 fully saturated rings. The number of piperazine rings is 1. The highest BCUT2D eigenvalue weighted by molar-refractivity contribution is 9.10. The predicted molar refractivity (Wildman–Crippen MR) is 122 cm³/mol. The number of aromatic nitrogens is 4. The molecule has 0 saturated carbocycles. The van der Waals surface area contributed by atoms with Crippen LogP contribution in [0.25, 0.3) is 21.8 Å². The van der Waals surface area contributed by atoms with E-state index in [1.807, 2.05) is 6.07 Å². The molecule has 2 aliphatic heterocycles. The van der Waals surface area contributed by atoms with Gasteiger partial charge in [0.05, 0.1) is 35.1 Å². The Morgan fingerprint density at radius 1 is 1.35 bits per heavy atom. The Kier molecular flexibility index (Phi) is 5.65. The number of fused-ring (bicyclic) bond motifs is 3. The highest BCUT2D eigenvalue weighted by atomic mass is 79.9. The maximum absolute atomic E-state index is 9.15. The van der Waals surface area contributed by atoms with Crippen LogP contribution < -0.4 is 15.0 Å². The molecule has 2 atom stereocenters. The van der Waals surface area contributed by atoms with Crippen molar-refractivity contribution in [1.29, 1.82) is 5.26 Å². The summed E-state index contributed by atoms with van der Waals surface area (Å²) in [6.45, 7) is 3.97. The third kappa shape index (κ3) is 3.93. The van der Waals surface area contributed by atoms with E-state index in [9.17, 15) is 0 Å². The van der Waals surface area contributed by atoms with Crippen molar-refractivity contribution >= 4 is 43.6 Å². The van der Waals surface area contributed by atoms with Crippen LogP contribution in [0.5, 0.6) is 6.01 Å². The minimum Gasteiger partial charge on any atom is -0.462 e. The third-order valence-corrected chi connectivity index (χ3v) is 6.93. The van der Waals surface area contributed by atoms with Crippen molar-refractivity contribution in [2.45, 2.75) is 31.3 Å². The number of hydrogen-bond acceptors (Lipinski definition) is 8. The number of rotatable bonds is 5. The predicted octanol–water partition coefficient (Wildman–Crippen LogP) is 2.43. The number of hydrogen-bond donors (Lipinski definition) is 2. The summed E-state index contributed by atoms with van der Waals surface area (Å²) in [6.07, 6.45) is 4.59. The van der Waals surface area contributed by atoms with Crippen LogP contribution in [0.2, 0.25) is 0 Å². The molecule has 162 valence electrons. The normalized spacial score (nSPS) is 22.3. The standard InChI is InChI=1S/C21H25BrN8O/c1-29-7-2-3-14(29)12-31-21-26-17-9-16(22)15-10-25-28-19(15)18(17)20(27-21)30-8-6-24-13(11-30)4-5-23/h9-10,13-14,24H,2-4,6-8,11-12H2,1H3,(H,25,28)/t13-,14-/m0/s1. The van der Waals surface area contributed by atoms with Crippen molar-refractivity contribution in [2.75, 3.05) is 44.7 Å². The lowest BCUT2D eigenvalue weighted by Gasteiger charge is -2.34. The first-order valence-electron chi connectivity index (χ1n) is 10.7. The number of nitrogens with zero attached hydrogens (tertiary/aromatic N) is 6. The molecular weight excluding hydrogens is 460 g/mol. The molecule has 0 bridgehead atoms. The van der Waals surface area contributed by atoms with Gasteiger partial charge in [0.2, 0.25) is 0 Å². The molecule has 2 saturated heterocycles. The second-order valence-corrected chi connectivity index (χ2v) is 9.14. The molecule has 0 unspecified atom stereocenters. The average molecular weight is 485 g/mol. The van der Waals surface area contributed by atoms with Gasteiger partial charge in [-0.2, -0.15) is 20.3 Å². The van der Waals surface area contributed by atoms with Gasteiger partial charge < -0.3 is 19.9 Å². The maximum Gasteiger partial charge on any atom is 0.319 e. The van der Waals surface area contributed by atoms with Crippen molar-refractivity contribution in [3.63, 3.8) is 0 Å². The SMILES string of the molecule is CN1CCC[C@H]1COc1nc(N2CCN[C@@H](CC#N)C2)c2c(cc(Br)c3cn[nH]c32)n1. The third-order valence-electron chi connectivity index (χ3n) is 6.28. The van der Waals surface area contributed by atoms with Crippen LogP contribution in [0.3, 0.4) is 0 Å². The molecule has 0 aliphatic carbocycles. The molecule has 31 heavy (non-hydrogen) atoms. The number of aromatic amines is 1. The Hall–Kier alpha value is -2.48. The molecular formula is C21H25BrN8O. The summed E-state index contributed by atoms with van der Waals surface area (Å²) in [5, 5.41) is 21.9. The Morgan fingerprint density at radius 2 is 2.26 bits per heavy atom. The lowest BCUT2D eigenvalue weighted by Crippen LogP contribution is -2.51. The van der Waals surface area contributed by atoms with E-state index in [0.717, 1.165) is 58.2 Å². The molecule has 3 aromatic rings. The number of nitriles is 1. The number of benzene rings is 1. The fraction of sp³-hybridized carbons (Fsp3) is 0.524. The van der Waals surface area contributed by atoms with Crippen LogP contribution in [0.15, 0.2) is 16.7 Å². The zero-order chi connectivity index (χ0) is 21.4. The molecule has 2 aliphatic rings. The van der Waals surface area contributed by atoms with Gasteiger partial charge in [0, 0.05) is 41.6 Å². The highest BCUT2D eigenvalue weighted by Crippen LogP contribution is 2.36. The van der Waals surface area contributed by atoms with Gasteiger partial charge in [-0.3, -0.25) is 5.10 Å². The van der Waals surface area contributed by atoms with E-state index < -0.39 is 0 Å². The Bertz CT molecular complexity index is 1140. The summed E-state index contributed by atoms with van der Waals surface area (Å²) in [6, 6.07) is 5.16. The van der Waals surface area contributed by atoms with Gasteiger partial charge in [0.15, 0.2) is 0 Å². The summed E-state index contributed by atoms with van der Waals surface area (Å²) in [5.74, 6) is 0.825. The zero-order valence-electron chi connectivity index (χ0n) is 17.4. The number of halogens is 1. The van der Waals surface area contributed by atoms with Crippen molar-refractivity contribution in [2.24, 2.45) is 0 Å². The monoisotopic (exact) mass is 484 g/mol. The first kappa shape index (κ1) is 20.4. The first-order chi connectivity index (χ1) is 15.1. The minimum absolute atomic E-state index is 0.105. The molecule has 1 aromatic carbocycles. The topological polar surface area (TPSA) is 106 Å². The second kappa shape index (κ2) is 8.57. The van der Waals surface area contributed by atoms with Crippen molar-refractivity contribution in [3.05, 3.63) is 16.7 Å². The number of nitrogens with one attached hydrogen (secondary N) is 2. The van der Waals surface area contributed by atoms with Crippen molar-refractivity contribution < 1.29 is 4.74 Å². The van der Waals surface area contributed by atoms with Crippen molar-refractivity contribution in [3.8, 4) is 12.1 Å². The van der Waals surface area contributed by atoms with Gasteiger partial charge in [-0.1, -0.05) is 0 Å². The molecule has 0 radical (unpaired) electrons. The van der Waals surface area contributed by atoms with Gasteiger partial charge >= 0.3 is 6.01 Å². The summed E-state index contributed by atoms with van der Waals surface area (Å²) in [5.41, 5.74) is 1.70. The van der Waals surface area contributed by atoms with E-state index in [4.69, 9.17) is 20.0 Å². The van der Waals surface area contributed by atoms with E-state index in [2.05, 4.69) is 54.4 Å². The molecule has 0 amide bonds. The highest BCUT2D eigenvalue weighted by Gasteiger charge is 2.26. The van der Waals surface area contributed by atoms with Crippen LogP contribution in [-0.4, -0.2) is 77.0 Å². The summed E-state index contributed by atoms with van der Waals surface area (Å²) < 4.78 is 7.04. The Balaban J connectivity index is 1.56. The van der Waals surface area contributed by atoms with Crippen LogP contribution in [-0.2, 0) is 0 Å². The molecule has 5 rings (SSSR count). The number of anilines is 1. The lowest BCUT2D eigenvalue weighted by atomic mass is 10.1. The fourth-order valence-electron chi connectivity index (χ4n) is 4.56. The molecule has 2 N–H and O–H groups in total. The van der Waals surface area contributed by atoms with Gasteiger partial charge in [0.25, 0.3) is 0 Å². The van der Waals surface area contributed by atoms with E-state index in [1.165, 1.54) is 6.42 Å². The van der Waals surface area contributed by atoms with Crippen LogP contribution >= 0.6 is 15.9 Å². The Labute approximate surface area is 188 Å². The van der Waals surface area contributed by atoms with Gasteiger partial charge in [0.1, 0.15) is 12.4 Å². The number of likely N-dealkylation sites (tertiary alicyclic amines) is 1. The fourth-order valence-corrected chi connectivity index (χ4v) is 5.08. The van der Waals surface area contributed by atoms with E-state index in [-0.39, 0.29) is 6.04 Å². The number of H-pyrrole nitrogens is 1. The van der Waals surface area contributed by atoms with Crippen LogP contribution in [0.1, 0.15) is 19.3 Å². The summed E-state index contributed by atoms with van der Waals surface area (Å²) in [4.78, 5) is 14.2. The lowest BCUT2D eigenvalue weighted by molar-refractivity contribution is 0.188. The molecule has 2 aromatic heterocycles. The van der Waals surface area contributed by atoms with E-state index >= 15 is 0 Å². The van der Waals surface area contributed by atoms with Gasteiger partial charge in [-0.25, -0.2) is 0 Å².